The monoisotopic (exact) mass is 301 g/mol. The van der Waals surface area contributed by atoms with Crippen LogP contribution in [0, 0.1) is 0 Å². The van der Waals surface area contributed by atoms with Gasteiger partial charge in [0.25, 0.3) is 0 Å². The van der Waals surface area contributed by atoms with Gasteiger partial charge in [-0.05, 0) is 50.8 Å². The first-order valence-electron chi connectivity index (χ1n) is 7.65. The second-order valence-electron chi connectivity index (χ2n) is 6.46. The molecule has 0 unspecified atom stereocenters. The highest BCUT2D eigenvalue weighted by Crippen LogP contribution is 2.23. The van der Waals surface area contributed by atoms with Gasteiger partial charge >= 0.3 is 6.09 Å². The number of carbonyl (C=O) groups excluding carboxylic acids is 2. The molecule has 0 aliphatic heterocycles. The molecule has 0 fully saturated rings. The zero-order chi connectivity index (χ0) is 16.2. The Balaban J connectivity index is 1.78. The van der Waals surface area contributed by atoms with E-state index in [0.717, 1.165) is 23.1 Å². The number of hydrogen-bond acceptors (Lipinski definition) is 3. The highest BCUT2D eigenvalue weighted by molar-refractivity contribution is 6.00. The van der Waals surface area contributed by atoms with Gasteiger partial charge in [-0.25, -0.2) is 4.79 Å². The second-order valence-corrected chi connectivity index (χ2v) is 6.46. The molecule has 4 nitrogen and oxygen atoms in total. The van der Waals surface area contributed by atoms with E-state index in [0.29, 0.717) is 19.4 Å². The molecule has 1 amide bonds. The molecule has 0 heterocycles. The van der Waals surface area contributed by atoms with E-state index in [1.54, 1.807) is 0 Å². The normalized spacial score (nSPS) is 14.2. The number of amides is 1. The molecule has 0 aromatic heterocycles. The van der Waals surface area contributed by atoms with Gasteiger partial charge in [-0.3, -0.25) is 4.79 Å². The molecule has 1 aliphatic rings. The van der Waals surface area contributed by atoms with E-state index in [-0.39, 0.29) is 5.78 Å². The summed E-state index contributed by atoms with van der Waals surface area (Å²) < 4.78 is 5.15. The van der Waals surface area contributed by atoms with Crippen LogP contribution < -0.4 is 5.32 Å². The van der Waals surface area contributed by atoms with Crippen LogP contribution in [0.2, 0.25) is 0 Å². The Morgan fingerprint density at radius 1 is 1.32 bits per heavy atom. The molecule has 118 valence electrons. The Morgan fingerprint density at radius 3 is 2.82 bits per heavy atom. The molecule has 1 N–H and O–H groups in total. The summed E-state index contributed by atoms with van der Waals surface area (Å²) in [5.74, 6) is 0.233. The van der Waals surface area contributed by atoms with Crippen LogP contribution in [0.4, 0.5) is 4.79 Å². The van der Waals surface area contributed by atoms with Crippen LogP contribution in [0.1, 0.15) is 55.1 Å². The van der Waals surface area contributed by atoms with Gasteiger partial charge in [0, 0.05) is 18.5 Å². The lowest BCUT2D eigenvalue weighted by atomic mass is 10.1. The number of ether oxygens (including phenoxy) is 1. The summed E-state index contributed by atoms with van der Waals surface area (Å²) in [7, 11) is 0. The maximum absolute atomic E-state index is 11.7. The van der Waals surface area contributed by atoms with E-state index in [1.165, 1.54) is 0 Å². The Labute approximate surface area is 131 Å². The van der Waals surface area contributed by atoms with Crippen LogP contribution in [0.25, 0.3) is 6.08 Å². The number of rotatable bonds is 4. The fourth-order valence-electron chi connectivity index (χ4n) is 2.35. The van der Waals surface area contributed by atoms with Crippen molar-refractivity contribution in [2.75, 3.05) is 6.54 Å². The van der Waals surface area contributed by atoms with E-state index in [9.17, 15) is 9.59 Å². The van der Waals surface area contributed by atoms with Gasteiger partial charge in [0.05, 0.1) is 0 Å². The molecule has 0 spiro atoms. The number of Topliss-reactive ketones (excluding diaryl/α,β-unsaturated/α-hetero) is 1. The number of benzene rings is 1. The molecule has 1 aromatic carbocycles. The second kappa shape index (κ2) is 6.77. The Morgan fingerprint density at radius 2 is 2.09 bits per heavy atom. The highest BCUT2D eigenvalue weighted by Gasteiger charge is 2.18. The van der Waals surface area contributed by atoms with Crippen LogP contribution in [0.5, 0.6) is 0 Å². The third kappa shape index (κ3) is 4.72. The van der Waals surface area contributed by atoms with Crippen LogP contribution in [0.3, 0.4) is 0 Å². The first-order valence-corrected chi connectivity index (χ1v) is 7.65. The van der Waals surface area contributed by atoms with Crippen molar-refractivity contribution in [1.29, 1.82) is 0 Å². The molecule has 0 atom stereocenters. The molecular formula is C18H23NO3. The minimum Gasteiger partial charge on any atom is -0.444 e. The summed E-state index contributed by atoms with van der Waals surface area (Å²) in [5.41, 5.74) is 2.55. The summed E-state index contributed by atoms with van der Waals surface area (Å²) in [5, 5.41) is 2.71. The van der Waals surface area contributed by atoms with Gasteiger partial charge in [-0.1, -0.05) is 24.3 Å². The Hall–Kier alpha value is -2.10. The molecule has 0 saturated carbocycles. The lowest BCUT2D eigenvalue weighted by molar-refractivity contribution is 0.0528. The van der Waals surface area contributed by atoms with Crippen molar-refractivity contribution in [3.8, 4) is 0 Å². The topological polar surface area (TPSA) is 55.4 Å². The summed E-state index contributed by atoms with van der Waals surface area (Å²) in [6.07, 6.45) is 5.76. The van der Waals surface area contributed by atoms with Gasteiger partial charge < -0.3 is 10.1 Å². The molecular weight excluding hydrogens is 278 g/mol. The maximum atomic E-state index is 11.7. The fourth-order valence-corrected chi connectivity index (χ4v) is 2.35. The predicted octanol–water partition coefficient (Wildman–Crippen LogP) is 3.74. The van der Waals surface area contributed by atoms with Gasteiger partial charge in [0.15, 0.2) is 5.78 Å². The number of ketones is 1. The zero-order valence-corrected chi connectivity index (χ0v) is 13.4. The van der Waals surface area contributed by atoms with Crippen LogP contribution in [-0.4, -0.2) is 24.0 Å². The first kappa shape index (κ1) is 16.3. The summed E-state index contributed by atoms with van der Waals surface area (Å²) in [4.78, 5) is 23.2. The number of alkyl carbamates (subject to hydrolysis) is 1. The van der Waals surface area contributed by atoms with Crippen molar-refractivity contribution in [3.63, 3.8) is 0 Å². The van der Waals surface area contributed by atoms with Crippen LogP contribution in [0.15, 0.2) is 24.3 Å². The number of fused-ring (bicyclic) bond motifs is 1. The molecule has 2 rings (SSSR count). The average Bonchev–Trinajstić information content (AvgIpc) is 2.78. The van der Waals surface area contributed by atoms with Crippen molar-refractivity contribution in [3.05, 3.63) is 41.0 Å². The van der Waals surface area contributed by atoms with Gasteiger partial charge in [-0.2, -0.15) is 0 Å². The molecule has 22 heavy (non-hydrogen) atoms. The summed E-state index contributed by atoms with van der Waals surface area (Å²) >= 11 is 0. The average molecular weight is 301 g/mol. The van der Waals surface area contributed by atoms with Crippen LogP contribution >= 0.6 is 0 Å². The highest BCUT2D eigenvalue weighted by atomic mass is 16.6. The zero-order valence-electron chi connectivity index (χ0n) is 13.4. The third-order valence-corrected chi connectivity index (χ3v) is 3.35. The van der Waals surface area contributed by atoms with E-state index in [4.69, 9.17) is 4.74 Å². The quantitative estimate of drug-likeness (QED) is 0.862. The fraction of sp³-hybridized carbons (Fsp3) is 0.444. The van der Waals surface area contributed by atoms with E-state index < -0.39 is 11.7 Å². The smallest absolute Gasteiger partial charge is 0.407 e. The largest absolute Gasteiger partial charge is 0.444 e. The van der Waals surface area contributed by atoms with Gasteiger partial charge in [0.2, 0.25) is 0 Å². The minimum absolute atomic E-state index is 0.233. The van der Waals surface area contributed by atoms with E-state index >= 15 is 0 Å². The van der Waals surface area contributed by atoms with Crippen LogP contribution in [-0.2, 0) is 11.2 Å². The predicted molar refractivity (Wildman–Crippen MR) is 87.0 cm³/mol. The Kier molecular flexibility index (Phi) is 5.01. The molecule has 4 heteroatoms. The lowest BCUT2D eigenvalue weighted by Gasteiger charge is -2.19. The minimum atomic E-state index is -0.475. The van der Waals surface area contributed by atoms with Gasteiger partial charge in [0.1, 0.15) is 5.60 Å². The van der Waals surface area contributed by atoms with E-state index in [2.05, 4.69) is 5.32 Å². The van der Waals surface area contributed by atoms with Crippen molar-refractivity contribution < 1.29 is 14.3 Å². The summed E-state index contributed by atoms with van der Waals surface area (Å²) in [6.45, 7) is 6.03. The molecule has 0 saturated heterocycles. The van der Waals surface area contributed by atoms with Crippen molar-refractivity contribution in [1.82, 2.24) is 5.32 Å². The van der Waals surface area contributed by atoms with Gasteiger partial charge in [-0.15, -0.1) is 0 Å². The number of nitrogens with one attached hydrogen (secondary N) is 1. The lowest BCUT2D eigenvalue weighted by Crippen LogP contribution is -2.32. The van der Waals surface area contributed by atoms with E-state index in [1.807, 2.05) is 51.1 Å². The molecule has 0 bridgehead atoms. The number of aryl methyl sites for hydroxylation is 1. The van der Waals surface area contributed by atoms with Crippen molar-refractivity contribution in [2.24, 2.45) is 0 Å². The molecule has 1 aromatic rings. The van der Waals surface area contributed by atoms with Crippen molar-refractivity contribution in [2.45, 2.75) is 45.6 Å². The van der Waals surface area contributed by atoms with Crippen molar-refractivity contribution >= 4 is 18.0 Å². The Bertz CT molecular complexity index is 597. The SMILES string of the molecule is CC(C)(C)OC(=O)NCCC=Cc1ccc2c(c1)C(=O)CC2. The standard InChI is InChI=1S/C18H23NO3/c1-18(2,3)22-17(21)19-11-5-4-6-13-7-8-14-9-10-16(20)15(14)12-13/h4,6-8,12H,5,9-11H2,1-3H3,(H,19,21). The molecule has 1 aliphatic carbocycles. The maximum Gasteiger partial charge on any atom is 0.407 e. The third-order valence-electron chi connectivity index (χ3n) is 3.35. The number of hydrogen-bond donors (Lipinski definition) is 1. The first-order chi connectivity index (χ1) is 10.3. The molecule has 0 radical (unpaired) electrons. The summed E-state index contributed by atoms with van der Waals surface area (Å²) in [6, 6.07) is 6.00. The number of carbonyl (C=O) groups is 2.